The summed E-state index contributed by atoms with van der Waals surface area (Å²) in [7, 11) is 0. The molecule has 0 bridgehead atoms. The fourth-order valence-corrected chi connectivity index (χ4v) is 2.88. The Kier molecular flexibility index (Phi) is 5.23. The monoisotopic (exact) mass is 410 g/mol. The Morgan fingerprint density at radius 2 is 1.73 bits per heavy atom. The first kappa shape index (κ1) is 17.9. The maximum absolute atomic E-state index is 9.45. The number of nitrogens with zero attached hydrogens (tertiary/aromatic N) is 2. The number of aromatic hydroxyl groups is 1. The molecule has 3 N–H and O–H groups in total. The topological polar surface area (TPSA) is 73.8 Å². The third-order valence-corrected chi connectivity index (χ3v) is 4.26. The number of aromatic nitrogens is 3. The molecule has 2 heterocycles. The SMILES string of the molecule is Br.C[C@@H](Nc1ncnc2[nH]c(-c3ccc(O)cc3)cc12)c1ccccc1. The van der Waals surface area contributed by atoms with Gasteiger partial charge in [-0.05, 0) is 48.4 Å². The van der Waals surface area contributed by atoms with Crippen LogP contribution in [0.15, 0.2) is 67.0 Å². The molecular weight excluding hydrogens is 392 g/mol. The third kappa shape index (κ3) is 3.55. The summed E-state index contributed by atoms with van der Waals surface area (Å²) < 4.78 is 0. The van der Waals surface area contributed by atoms with Crippen LogP contribution >= 0.6 is 17.0 Å². The van der Waals surface area contributed by atoms with Gasteiger partial charge in [0.05, 0.1) is 5.39 Å². The number of phenols is 1. The van der Waals surface area contributed by atoms with Crippen molar-refractivity contribution in [2.75, 3.05) is 5.32 Å². The van der Waals surface area contributed by atoms with E-state index in [1.54, 1.807) is 18.5 Å². The van der Waals surface area contributed by atoms with Crippen LogP contribution in [0.4, 0.5) is 5.82 Å². The lowest BCUT2D eigenvalue weighted by Gasteiger charge is -2.15. The Morgan fingerprint density at radius 1 is 1.00 bits per heavy atom. The highest BCUT2D eigenvalue weighted by atomic mass is 79.9. The van der Waals surface area contributed by atoms with Gasteiger partial charge in [-0.15, -0.1) is 17.0 Å². The Hall–Kier alpha value is -2.86. The molecule has 0 radical (unpaired) electrons. The second kappa shape index (κ2) is 7.58. The molecule has 0 fully saturated rings. The number of nitrogens with one attached hydrogen (secondary N) is 2. The average Bonchev–Trinajstić information content (AvgIpc) is 3.08. The van der Waals surface area contributed by atoms with E-state index in [4.69, 9.17) is 0 Å². The van der Waals surface area contributed by atoms with Gasteiger partial charge < -0.3 is 15.4 Å². The molecule has 26 heavy (non-hydrogen) atoms. The summed E-state index contributed by atoms with van der Waals surface area (Å²) in [4.78, 5) is 12.1. The van der Waals surface area contributed by atoms with Crippen molar-refractivity contribution in [3.05, 3.63) is 72.6 Å². The summed E-state index contributed by atoms with van der Waals surface area (Å²) in [5.41, 5.74) is 3.90. The minimum absolute atomic E-state index is 0. The number of anilines is 1. The van der Waals surface area contributed by atoms with E-state index in [0.717, 1.165) is 28.1 Å². The van der Waals surface area contributed by atoms with Crippen molar-refractivity contribution in [2.24, 2.45) is 0 Å². The van der Waals surface area contributed by atoms with Gasteiger partial charge in [-0.1, -0.05) is 30.3 Å². The normalized spacial score (nSPS) is 11.7. The number of benzene rings is 2. The zero-order valence-electron chi connectivity index (χ0n) is 14.2. The molecule has 0 saturated carbocycles. The highest BCUT2D eigenvalue weighted by Gasteiger charge is 2.12. The Morgan fingerprint density at radius 3 is 2.46 bits per heavy atom. The maximum Gasteiger partial charge on any atom is 0.143 e. The van der Waals surface area contributed by atoms with Crippen LogP contribution in [0.2, 0.25) is 0 Å². The van der Waals surface area contributed by atoms with Crippen LogP contribution in [0.5, 0.6) is 5.75 Å². The molecule has 0 aliphatic heterocycles. The second-order valence-corrected chi connectivity index (χ2v) is 5.99. The molecule has 2 aromatic heterocycles. The van der Waals surface area contributed by atoms with Gasteiger partial charge in [-0.2, -0.15) is 0 Å². The summed E-state index contributed by atoms with van der Waals surface area (Å²) >= 11 is 0. The van der Waals surface area contributed by atoms with E-state index in [-0.39, 0.29) is 28.8 Å². The summed E-state index contributed by atoms with van der Waals surface area (Å²) in [6.07, 6.45) is 1.56. The molecule has 2 aromatic carbocycles. The molecule has 4 rings (SSSR count). The van der Waals surface area contributed by atoms with Crippen molar-refractivity contribution in [1.82, 2.24) is 15.0 Å². The largest absolute Gasteiger partial charge is 0.508 e. The van der Waals surface area contributed by atoms with Crippen LogP contribution in [-0.2, 0) is 0 Å². The molecule has 0 aliphatic rings. The maximum atomic E-state index is 9.45. The number of rotatable bonds is 4. The molecule has 0 aliphatic carbocycles. The summed E-state index contributed by atoms with van der Waals surface area (Å²) in [6, 6.07) is 19.5. The van der Waals surface area contributed by atoms with Crippen molar-refractivity contribution in [2.45, 2.75) is 13.0 Å². The molecule has 4 aromatic rings. The molecule has 0 saturated heterocycles. The average molecular weight is 411 g/mol. The van der Waals surface area contributed by atoms with Gasteiger partial charge in [0.25, 0.3) is 0 Å². The van der Waals surface area contributed by atoms with Crippen LogP contribution in [0.1, 0.15) is 18.5 Å². The Labute approximate surface area is 161 Å². The molecule has 1 atom stereocenters. The number of hydrogen-bond acceptors (Lipinski definition) is 4. The number of fused-ring (bicyclic) bond motifs is 1. The molecule has 0 spiro atoms. The Bertz CT molecular complexity index is 999. The minimum atomic E-state index is 0. The number of H-pyrrole nitrogens is 1. The zero-order chi connectivity index (χ0) is 17.2. The first-order chi connectivity index (χ1) is 12.2. The standard InChI is InChI=1S/C20H18N4O.BrH/c1-13(14-5-3-2-4-6-14)23-19-17-11-18(24-20(17)22-12-21-19)15-7-9-16(25)10-8-15;/h2-13,25H,1H3,(H2,21,22,23,24);1H/t13-;/m1./s1. The van der Waals surface area contributed by atoms with Crippen molar-refractivity contribution >= 4 is 33.8 Å². The van der Waals surface area contributed by atoms with Gasteiger partial charge in [0, 0.05) is 11.7 Å². The van der Waals surface area contributed by atoms with E-state index in [2.05, 4.69) is 39.3 Å². The van der Waals surface area contributed by atoms with Crippen LogP contribution in [0, 0.1) is 0 Å². The molecule has 6 heteroatoms. The van der Waals surface area contributed by atoms with Gasteiger partial charge >= 0.3 is 0 Å². The van der Waals surface area contributed by atoms with Crippen LogP contribution in [0.3, 0.4) is 0 Å². The third-order valence-electron chi connectivity index (χ3n) is 4.26. The van der Waals surface area contributed by atoms with Crippen LogP contribution in [-0.4, -0.2) is 20.1 Å². The van der Waals surface area contributed by atoms with E-state index in [1.165, 1.54) is 5.56 Å². The Balaban J connectivity index is 0.00000196. The lowest BCUT2D eigenvalue weighted by Crippen LogP contribution is -2.08. The minimum Gasteiger partial charge on any atom is -0.508 e. The second-order valence-electron chi connectivity index (χ2n) is 5.99. The summed E-state index contributed by atoms with van der Waals surface area (Å²) in [5, 5.41) is 13.9. The van der Waals surface area contributed by atoms with Gasteiger partial charge in [0.1, 0.15) is 23.5 Å². The molecular formula is C20H19BrN4O. The zero-order valence-corrected chi connectivity index (χ0v) is 15.9. The van der Waals surface area contributed by atoms with E-state index in [0.29, 0.717) is 0 Å². The van der Waals surface area contributed by atoms with E-state index >= 15 is 0 Å². The van der Waals surface area contributed by atoms with Gasteiger partial charge in [0.15, 0.2) is 0 Å². The first-order valence-electron chi connectivity index (χ1n) is 8.15. The molecule has 132 valence electrons. The lowest BCUT2D eigenvalue weighted by molar-refractivity contribution is 0.475. The predicted molar refractivity (Wildman–Crippen MR) is 110 cm³/mol. The predicted octanol–water partition coefficient (Wildman–Crippen LogP) is 5.08. The number of halogens is 1. The first-order valence-corrected chi connectivity index (χ1v) is 8.15. The molecule has 0 amide bonds. The van der Waals surface area contributed by atoms with Gasteiger partial charge in [-0.3, -0.25) is 0 Å². The molecule has 5 nitrogen and oxygen atoms in total. The fraction of sp³-hybridized carbons (Fsp3) is 0.100. The highest BCUT2D eigenvalue weighted by molar-refractivity contribution is 8.93. The quantitative estimate of drug-likeness (QED) is 0.438. The van der Waals surface area contributed by atoms with Gasteiger partial charge in [0.2, 0.25) is 0 Å². The van der Waals surface area contributed by atoms with E-state index in [1.807, 2.05) is 36.4 Å². The van der Waals surface area contributed by atoms with Crippen molar-refractivity contribution in [3.63, 3.8) is 0 Å². The van der Waals surface area contributed by atoms with Crippen molar-refractivity contribution < 1.29 is 5.11 Å². The van der Waals surface area contributed by atoms with Gasteiger partial charge in [-0.25, -0.2) is 9.97 Å². The summed E-state index contributed by atoms with van der Waals surface area (Å²) in [5.74, 6) is 1.04. The van der Waals surface area contributed by atoms with Crippen molar-refractivity contribution in [1.29, 1.82) is 0 Å². The number of hydrogen-bond donors (Lipinski definition) is 3. The van der Waals surface area contributed by atoms with E-state index in [9.17, 15) is 5.11 Å². The van der Waals surface area contributed by atoms with Crippen molar-refractivity contribution in [3.8, 4) is 17.0 Å². The van der Waals surface area contributed by atoms with Crippen LogP contribution < -0.4 is 5.32 Å². The number of phenolic OH excluding ortho intramolecular Hbond substituents is 1. The smallest absolute Gasteiger partial charge is 0.143 e. The summed E-state index contributed by atoms with van der Waals surface area (Å²) in [6.45, 7) is 2.11. The molecule has 0 unspecified atom stereocenters. The fourth-order valence-electron chi connectivity index (χ4n) is 2.88. The van der Waals surface area contributed by atoms with E-state index < -0.39 is 0 Å². The highest BCUT2D eigenvalue weighted by Crippen LogP contribution is 2.29. The number of aromatic amines is 1. The van der Waals surface area contributed by atoms with Crippen LogP contribution in [0.25, 0.3) is 22.3 Å². The lowest BCUT2D eigenvalue weighted by atomic mass is 10.1.